The number of benzene rings is 2. The van der Waals surface area contributed by atoms with E-state index in [-0.39, 0.29) is 11.6 Å². The summed E-state index contributed by atoms with van der Waals surface area (Å²) in [6.07, 6.45) is 1.92. The molecule has 0 amide bonds. The molecule has 0 bridgehead atoms. The summed E-state index contributed by atoms with van der Waals surface area (Å²) < 4.78 is 15.2. The molecule has 4 heteroatoms. The van der Waals surface area contributed by atoms with Crippen molar-refractivity contribution in [2.45, 2.75) is 13.2 Å². The van der Waals surface area contributed by atoms with Crippen LogP contribution in [0.3, 0.4) is 0 Å². The summed E-state index contributed by atoms with van der Waals surface area (Å²) >= 11 is 5.81. The highest BCUT2D eigenvalue weighted by atomic mass is 35.5. The second kappa shape index (κ2) is 5.27. The second-order valence-electron chi connectivity index (χ2n) is 4.71. The molecule has 2 nitrogen and oxygen atoms in total. The van der Waals surface area contributed by atoms with Crippen molar-refractivity contribution >= 4 is 22.5 Å². The van der Waals surface area contributed by atoms with Crippen molar-refractivity contribution < 1.29 is 9.50 Å². The van der Waals surface area contributed by atoms with Gasteiger partial charge in [0, 0.05) is 29.2 Å². The van der Waals surface area contributed by atoms with Gasteiger partial charge in [-0.25, -0.2) is 4.39 Å². The number of hydrogen-bond donors (Lipinski definition) is 1. The summed E-state index contributed by atoms with van der Waals surface area (Å²) in [6, 6.07) is 12.6. The number of halogens is 2. The third kappa shape index (κ3) is 2.30. The summed E-state index contributed by atoms with van der Waals surface area (Å²) in [6.45, 7) is 0.582. The number of aliphatic hydroxyl groups excluding tert-OH is 1. The first kappa shape index (κ1) is 13.2. The van der Waals surface area contributed by atoms with Crippen LogP contribution in [0, 0.1) is 5.82 Å². The third-order valence-corrected chi connectivity index (χ3v) is 3.67. The van der Waals surface area contributed by atoms with Gasteiger partial charge in [0.05, 0.1) is 11.6 Å². The van der Waals surface area contributed by atoms with Crippen LogP contribution >= 0.6 is 11.6 Å². The summed E-state index contributed by atoms with van der Waals surface area (Å²) in [4.78, 5) is 0. The maximum atomic E-state index is 13.2. The van der Waals surface area contributed by atoms with E-state index >= 15 is 0 Å². The van der Waals surface area contributed by atoms with E-state index in [1.54, 1.807) is 12.1 Å². The van der Waals surface area contributed by atoms with Crippen LogP contribution in [0.25, 0.3) is 10.9 Å². The van der Waals surface area contributed by atoms with Crippen molar-refractivity contribution in [3.8, 4) is 0 Å². The molecule has 0 aliphatic heterocycles. The van der Waals surface area contributed by atoms with Gasteiger partial charge in [0.15, 0.2) is 0 Å². The van der Waals surface area contributed by atoms with Crippen molar-refractivity contribution in [3.05, 3.63) is 70.6 Å². The first-order valence-electron chi connectivity index (χ1n) is 6.30. The predicted molar refractivity (Wildman–Crippen MR) is 78.4 cm³/mol. The average molecular weight is 290 g/mol. The highest BCUT2D eigenvalue weighted by Gasteiger charge is 2.08. The number of rotatable bonds is 3. The van der Waals surface area contributed by atoms with Crippen molar-refractivity contribution in [1.29, 1.82) is 0 Å². The quantitative estimate of drug-likeness (QED) is 0.775. The van der Waals surface area contributed by atoms with E-state index in [9.17, 15) is 9.50 Å². The Kier molecular flexibility index (Phi) is 3.47. The Morgan fingerprint density at radius 1 is 1.15 bits per heavy atom. The van der Waals surface area contributed by atoms with Gasteiger partial charge in [-0.05, 0) is 23.8 Å². The lowest BCUT2D eigenvalue weighted by molar-refractivity contribution is 0.283. The largest absolute Gasteiger partial charge is 0.392 e. The zero-order valence-electron chi connectivity index (χ0n) is 10.7. The van der Waals surface area contributed by atoms with Crippen LogP contribution < -0.4 is 0 Å². The molecule has 0 saturated heterocycles. The minimum Gasteiger partial charge on any atom is -0.392 e. The van der Waals surface area contributed by atoms with Gasteiger partial charge in [-0.3, -0.25) is 0 Å². The summed E-state index contributed by atoms with van der Waals surface area (Å²) in [5.74, 6) is -0.413. The average Bonchev–Trinajstić information content (AvgIpc) is 2.81. The van der Waals surface area contributed by atoms with E-state index in [1.807, 2.05) is 35.0 Å². The SMILES string of the molecule is OCc1cn(Cc2ccc(F)c(Cl)c2)c2ccccc12. The molecule has 0 atom stereocenters. The van der Waals surface area contributed by atoms with Crippen LogP contribution in [0.15, 0.2) is 48.7 Å². The standard InChI is InChI=1S/C16H13ClFNO/c17-14-7-11(5-6-15(14)18)8-19-9-12(10-20)13-3-1-2-4-16(13)19/h1-7,9,20H,8,10H2. The minimum atomic E-state index is -0.413. The van der Waals surface area contributed by atoms with Gasteiger partial charge in [-0.2, -0.15) is 0 Å². The fourth-order valence-electron chi connectivity index (χ4n) is 2.41. The number of nitrogens with zero attached hydrogens (tertiary/aromatic N) is 1. The second-order valence-corrected chi connectivity index (χ2v) is 5.11. The van der Waals surface area contributed by atoms with Crippen molar-refractivity contribution in [2.24, 2.45) is 0 Å². The van der Waals surface area contributed by atoms with E-state index in [1.165, 1.54) is 6.07 Å². The zero-order chi connectivity index (χ0) is 14.1. The van der Waals surface area contributed by atoms with E-state index in [2.05, 4.69) is 0 Å². The Morgan fingerprint density at radius 3 is 2.70 bits per heavy atom. The van der Waals surface area contributed by atoms with Gasteiger partial charge in [0.25, 0.3) is 0 Å². The molecular weight excluding hydrogens is 277 g/mol. The Hall–Kier alpha value is -1.84. The lowest BCUT2D eigenvalue weighted by Gasteiger charge is -2.06. The molecule has 0 saturated carbocycles. The molecule has 2 aromatic carbocycles. The molecule has 0 fully saturated rings. The normalized spacial score (nSPS) is 11.2. The molecule has 3 rings (SSSR count). The maximum absolute atomic E-state index is 13.2. The Balaban J connectivity index is 2.04. The molecule has 20 heavy (non-hydrogen) atoms. The lowest BCUT2D eigenvalue weighted by atomic mass is 10.2. The minimum absolute atomic E-state index is 0.00229. The fraction of sp³-hybridized carbons (Fsp3) is 0.125. The van der Waals surface area contributed by atoms with Gasteiger partial charge in [-0.1, -0.05) is 35.9 Å². The van der Waals surface area contributed by atoms with Gasteiger partial charge in [-0.15, -0.1) is 0 Å². The first-order valence-corrected chi connectivity index (χ1v) is 6.68. The van der Waals surface area contributed by atoms with Gasteiger partial charge in [0.2, 0.25) is 0 Å². The van der Waals surface area contributed by atoms with Crippen LogP contribution in [0.1, 0.15) is 11.1 Å². The number of fused-ring (bicyclic) bond motifs is 1. The van der Waals surface area contributed by atoms with Crippen LogP contribution in [0.5, 0.6) is 0 Å². The molecule has 0 spiro atoms. The van der Waals surface area contributed by atoms with E-state index in [4.69, 9.17) is 11.6 Å². The third-order valence-electron chi connectivity index (χ3n) is 3.38. The zero-order valence-corrected chi connectivity index (χ0v) is 11.4. The van der Waals surface area contributed by atoms with Crippen LogP contribution in [-0.2, 0) is 13.2 Å². The van der Waals surface area contributed by atoms with Crippen LogP contribution in [0.4, 0.5) is 4.39 Å². The monoisotopic (exact) mass is 289 g/mol. The van der Waals surface area contributed by atoms with E-state index in [0.29, 0.717) is 6.54 Å². The number of aliphatic hydroxyl groups is 1. The summed E-state index contributed by atoms with van der Waals surface area (Å²) in [5, 5.41) is 10.6. The Morgan fingerprint density at radius 2 is 1.95 bits per heavy atom. The first-order chi connectivity index (χ1) is 9.69. The summed E-state index contributed by atoms with van der Waals surface area (Å²) in [5.41, 5.74) is 2.84. The fourth-order valence-corrected chi connectivity index (χ4v) is 2.62. The van der Waals surface area contributed by atoms with Crippen molar-refractivity contribution in [3.63, 3.8) is 0 Å². The van der Waals surface area contributed by atoms with Crippen LogP contribution in [0.2, 0.25) is 5.02 Å². The lowest BCUT2D eigenvalue weighted by Crippen LogP contribution is -1.98. The number of hydrogen-bond acceptors (Lipinski definition) is 1. The van der Waals surface area contributed by atoms with Crippen molar-refractivity contribution in [1.82, 2.24) is 4.57 Å². The molecule has 0 radical (unpaired) electrons. The maximum Gasteiger partial charge on any atom is 0.141 e. The highest BCUT2D eigenvalue weighted by Crippen LogP contribution is 2.23. The van der Waals surface area contributed by atoms with Crippen LogP contribution in [-0.4, -0.2) is 9.67 Å². The molecule has 1 heterocycles. The molecule has 0 unspecified atom stereocenters. The molecule has 0 aliphatic rings. The summed E-state index contributed by atoms with van der Waals surface area (Å²) in [7, 11) is 0. The molecule has 3 aromatic rings. The molecular formula is C16H13ClFNO. The predicted octanol–water partition coefficient (Wildman–Crippen LogP) is 3.97. The Labute approximate surface area is 121 Å². The molecule has 1 aromatic heterocycles. The molecule has 0 aliphatic carbocycles. The van der Waals surface area contributed by atoms with Gasteiger partial charge in [0.1, 0.15) is 5.82 Å². The van der Waals surface area contributed by atoms with E-state index in [0.717, 1.165) is 22.0 Å². The highest BCUT2D eigenvalue weighted by molar-refractivity contribution is 6.30. The van der Waals surface area contributed by atoms with Gasteiger partial charge < -0.3 is 9.67 Å². The van der Waals surface area contributed by atoms with E-state index < -0.39 is 5.82 Å². The molecule has 1 N–H and O–H groups in total. The van der Waals surface area contributed by atoms with Gasteiger partial charge >= 0.3 is 0 Å². The Bertz CT molecular complexity index is 766. The number of aromatic nitrogens is 1. The smallest absolute Gasteiger partial charge is 0.141 e. The molecule has 102 valence electrons. The number of para-hydroxylation sites is 1. The topological polar surface area (TPSA) is 25.2 Å². The van der Waals surface area contributed by atoms with Crippen molar-refractivity contribution in [2.75, 3.05) is 0 Å².